The van der Waals surface area contributed by atoms with Gasteiger partial charge in [0.1, 0.15) is 0 Å². The van der Waals surface area contributed by atoms with Crippen molar-refractivity contribution in [1.82, 2.24) is 5.32 Å². The monoisotopic (exact) mass is 295 g/mol. The van der Waals surface area contributed by atoms with Crippen LogP contribution in [0.2, 0.25) is 0 Å². The average molecular weight is 296 g/mol. The molecule has 0 bridgehead atoms. The van der Waals surface area contributed by atoms with Crippen LogP contribution in [0.1, 0.15) is 59.9 Å². The van der Waals surface area contributed by atoms with Gasteiger partial charge in [-0.1, -0.05) is 25.7 Å². The molecule has 2 heterocycles. The standard InChI is InChI=1S/C16H25NS2/c1-17-16(12-6-4-2-3-5-7-12)15-10-13-11-18-9-8-14(13)19-15/h10,12,16-17H,2-9,11H2,1H3. The summed E-state index contributed by atoms with van der Waals surface area (Å²) < 4.78 is 0. The lowest BCUT2D eigenvalue weighted by Crippen LogP contribution is -2.24. The highest BCUT2D eigenvalue weighted by atomic mass is 32.2. The van der Waals surface area contributed by atoms with Crippen LogP contribution in [-0.2, 0) is 12.2 Å². The van der Waals surface area contributed by atoms with Crippen molar-refractivity contribution in [1.29, 1.82) is 0 Å². The highest BCUT2D eigenvalue weighted by molar-refractivity contribution is 7.98. The van der Waals surface area contributed by atoms with Gasteiger partial charge in [-0.15, -0.1) is 11.3 Å². The van der Waals surface area contributed by atoms with E-state index in [4.69, 9.17) is 0 Å². The summed E-state index contributed by atoms with van der Waals surface area (Å²) in [6.07, 6.45) is 9.90. The number of thioether (sulfide) groups is 1. The molecule has 2 aliphatic rings. The Hall–Kier alpha value is 0.01000. The third-order valence-electron chi connectivity index (χ3n) is 4.64. The van der Waals surface area contributed by atoms with Gasteiger partial charge in [-0.05, 0) is 49.6 Å². The molecule has 1 atom stereocenters. The van der Waals surface area contributed by atoms with E-state index in [0.29, 0.717) is 6.04 Å². The number of hydrogen-bond donors (Lipinski definition) is 1. The van der Waals surface area contributed by atoms with E-state index in [9.17, 15) is 0 Å². The topological polar surface area (TPSA) is 12.0 Å². The maximum atomic E-state index is 3.63. The third-order valence-corrected chi connectivity index (χ3v) is 6.96. The number of aryl methyl sites for hydroxylation is 1. The van der Waals surface area contributed by atoms with E-state index in [1.165, 1.54) is 56.5 Å². The van der Waals surface area contributed by atoms with Crippen molar-refractivity contribution >= 4 is 23.1 Å². The molecule has 0 amide bonds. The molecule has 0 aromatic carbocycles. The van der Waals surface area contributed by atoms with E-state index < -0.39 is 0 Å². The van der Waals surface area contributed by atoms with Crippen molar-refractivity contribution in [2.45, 2.75) is 56.7 Å². The quantitative estimate of drug-likeness (QED) is 0.806. The van der Waals surface area contributed by atoms with Crippen molar-refractivity contribution in [2.24, 2.45) is 5.92 Å². The van der Waals surface area contributed by atoms with E-state index in [0.717, 1.165) is 5.92 Å². The van der Waals surface area contributed by atoms with Crippen molar-refractivity contribution in [3.05, 3.63) is 21.4 Å². The Bertz CT molecular complexity index is 381. The van der Waals surface area contributed by atoms with Crippen LogP contribution in [0.5, 0.6) is 0 Å². The van der Waals surface area contributed by atoms with Crippen LogP contribution in [0, 0.1) is 5.92 Å². The molecule has 1 N–H and O–H groups in total. The number of thiophene rings is 1. The fourth-order valence-electron chi connectivity index (χ4n) is 3.58. The second-order valence-electron chi connectivity index (χ2n) is 5.92. The molecular formula is C16H25NS2. The summed E-state index contributed by atoms with van der Waals surface area (Å²) in [5, 5.41) is 3.63. The fraction of sp³-hybridized carbons (Fsp3) is 0.750. The molecule has 3 rings (SSSR count). The van der Waals surface area contributed by atoms with E-state index in [-0.39, 0.29) is 0 Å². The molecule has 1 aliphatic heterocycles. The largest absolute Gasteiger partial charge is 0.312 e. The normalized spacial score (nSPS) is 22.8. The predicted octanol–water partition coefficient (Wildman–Crippen LogP) is 4.77. The highest BCUT2D eigenvalue weighted by Gasteiger charge is 2.26. The smallest absolute Gasteiger partial charge is 0.0441 e. The van der Waals surface area contributed by atoms with Crippen molar-refractivity contribution in [2.75, 3.05) is 12.8 Å². The number of rotatable bonds is 3. The van der Waals surface area contributed by atoms with Crippen molar-refractivity contribution in [3.63, 3.8) is 0 Å². The first-order valence-corrected chi connectivity index (χ1v) is 9.72. The van der Waals surface area contributed by atoms with Crippen molar-refractivity contribution in [3.8, 4) is 0 Å². The van der Waals surface area contributed by atoms with Gasteiger partial charge in [0.25, 0.3) is 0 Å². The number of fused-ring (bicyclic) bond motifs is 1. The second-order valence-corrected chi connectivity index (χ2v) is 8.19. The molecular weight excluding hydrogens is 270 g/mol. The van der Waals surface area contributed by atoms with Gasteiger partial charge in [0.2, 0.25) is 0 Å². The molecule has 1 aromatic heterocycles. The van der Waals surface area contributed by atoms with Gasteiger partial charge in [0.15, 0.2) is 0 Å². The van der Waals surface area contributed by atoms with E-state index >= 15 is 0 Å². The van der Waals surface area contributed by atoms with Crippen LogP contribution in [0.15, 0.2) is 6.07 Å². The first kappa shape index (κ1) is 14.0. The van der Waals surface area contributed by atoms with Crippen LogP contribution in [0.25, 0.3) is 0 Å². The van der Waals surface area contributed by atoms with Crippen LogP contribution in [0.4, 0.5) is 0 Å². The molecule has 1 aliphatic carbocycles. The molecule has 1 nitrogen and oxygen atoms in total. The molecule has 1 saturated carbocycles. The Balaban J connectivity index is 1.78. The summed E-state index contributed by atoms with van der Waals surface area (Å²) in [4.78, 5) is 3.28. The minimum atomic E-state index is 0.610. The highest BCUT2D eigenvalue weighted by Crippen LogP contribution is 2.40. The minimum Gasteiger partial charge on any atom is -0.312 e. The SMILES string of the molecule is CNC(c1cc2c(s1)CCSC2)C1CCCCCC1. The van der Waals surface area contributed by atoms with Crippen LogP contribution in [-0.4, -0.2) is 12.8 Å². The first-order valence-electron chi connectivity index (χ1n) is 7.75. The summed E-state index contributed by atoms with van der Waals surface area (Å²) in [7, 11) is 2.16. The molecule has 0 spiro atoms. The van der Waals surface area contributed by atoms with E-state index in [1.54, 1.807) is 15.3 Å². The fourth-order valence-corrected chi connectivity index (χ4v) is 6.16. The first-order chi connectivity index (χ1) is 9.38. The van der Waals surface area contributed by atoms with Gasteiger partial charge in [-0.2, -0.15) is 11.8 Å². The van der Waals surface area contributed by atoms with E-state index in [1.807, 2.05) is 0 Å². The molecule has 0 radical (unpaired) electrons. The molecule has 3 heteroatoms. The zero-order valence-electron chi connectivity index (χ0n) is 11.9. The molecule has 0 saturated heterocycles. The summed E-state index contributed by atoms with van der Waals surface area (Å²) >= 11 is 4.19. The Morgan fingerprint density at radius 2 is 2.00 bits per heavy atom. The van der Waals surface area contributed by atoms with Crippen LogP contribution in [0.3, 0.4) is 0 Å². The van der Waals surface area contributed by atoms with Gasteiger partial charge in [-0.25, -0.2) is 0 Å². The second kappa shape index (κ2) is 6.64. The predicted molar refractivity (Wildman–Crippen MR) is 87.2 cm³/mol. The van der Waals surface area contributed by atoms with E-state index in [2.05, 4.69) is 41.5 Å². The average Bonchev–Trinajstić information content (AvgIpc) is 2.67. The molecule has 1 aromatic rings. The summed E-state index contributed by atoms with van der Waals surface area (Å²) in [5.74, 6) is 3.42. The minimum absolute atomic E-state index is 0.610. The summed E-state index contributed by atoms with van der Waals surface area (Å²) in [5.41, 5.74) is 1.63. The maximum absolute atomic E-state index is 3.63. The van der Waals surface area contributed by atoms with Gasteiger partial charge in [-0.3, -0.25) is 0 Å². The maximum Gasteiger partial charge on any atom is 0.0441 e. The van der Waals surface area contributed by atoms with Crippen LogP contribution >= 0.6 is 23.1 Å². The Morgan fingerprint density at radius 1 is 1.21 bits per heavy atom. The summed E-state index contributed by atoms with van der Waals surface area (Å²) in [6, 6.07) is 3.12. The lowest BCUT2D eigenvalue weighted by atomic mass is 9.90. The summed E-state index contributed by atoms with van der Waals surface area (Å²) in [6.45, 7) is 0. The third kappa shape index (κ3) is 3.20. The lowest BCUT2D eigenvalue weighted by Gasteiger charge is -2.24. The number of hydrogen-bond acceptors (Lipinski definition) is 3. The molecule has 1 fully saturated rings. The number of nitrogens with one attached hydrogen (secondary N) is 1. The Morgan fingerprint density at radius 3 is 2.68 bits per heavy atom. The molecule has 106 valence electrons. The van der Waals surface area contributed by atoms with Gasteiger partial charge >= 0.3 is 0 Å². The van der Waals surface area contributed by atoms with Gasteiger partial charge in [0.05, 0.1) is 0 Å². The Kier molecular flexibility index (Phi) is 4.88. The molecule has 1 unspecified atom stereocenters. The molecule has 19 heavy (non-hydrogen) atoms. The van der Waals surface area contributed by atoms with Gasteiger partial charge < -0.3 is 5.32 Å². The lowest BCUT2D eigenvalue weighted by molar-refractivity contribution is 0.345. The van der Waals surface area contributed by atoms with Crippen molar-refractivity contribution < 1.29 is 0 Å². The zero-order valence-corrected chi connectivity index (χ0v) is 13.5. The van der Waals surface area contributed by atoms with Crippen LogP contribution < -0.4 is 5.32 Å². The Labute approximate surface area is 125 Å². The zero-order chi connectivity index (χ0) is 13.1. The van der Waals surface area contributed by atoms with Gasteiger partial charge in [0, 0.05) is 21.5 Å².